The van der Waals surface area contributed by atoms with E-state index in [0.717, 1.165) is 9.87 Å². The van der Waals surface area contributed by atoms with Crippen molar-refractivity contribution < 1.29 is 21.6 Å². The molecule has 1 unspecified atom stereocenters. The zero-order valence-electron chi connectivity index (χ0n) is 16.1. The molecular formula is C19H23N3O5S2. The van der Waals surface area contributed by atoms with Crippen LogP contribution < -0.4 is 9.03 Å². The van der Waals surface area contributed by atoms with Crippen LogP contribution in [0.3, 0.4) is 0 Å². The molecule has 10 heteroatoms. The number of benzene rings is 2. The Morgan fingerprint density at radius 3 is 2.21 bits per heavy atom. The molecule has 0 radical (unpaired) electrons. The molecule has 29 heavy (non-hydrogen) atoms. The molecule has 8 nitrogen and oxygen atoms in total. The first-order valence-electron chi connectivity index (χ1n) is 8.99. The predicted molar refractivity (Wildman–Crippen MR) is 110 cm³/mol. The molecule has 1 heterocycles. The van der Waals surface area contributed by atoms with Crippen molar-refractivity contribution in [2.24, 2.45) is 0 Å². The molecule has 1 N–H and O–H groups in total. The second-order valence-electron chi connectivity index (χ2n) is 6.96. The molecule has 1 aliphatic heterocycles. The van der Waals surface area contributed by atoms with Gasteiger partial charge in [-0.1, -0.05) is 30.3 Å². The molecule has 3 rings (SSSR count). The molecule has 1 atom stereocenters. The third-order valence-corrected chi connectivity index (χ3v) is 7.86. The van der Waals surface area contributed by atoms with Gasteiger partial charge in [0.1, 0.15) is 0 Å². The first-order valence-corrected chi connectivity index (χ1v) is 12.1. The summed E-state index contributed by atoms with van der Waals surface area (Å²) in [5.74, 6) is -0.755. The Morgan fingerprint density at radius 1 is 1.07 bits per heavy atom. The lowest BCUT2D eigenvalue weighted by Gasteiger charge is -2.25. The van der Waals surface area contributed by atoms with Crippen LogP contribution in [0.5, 0.6) is 0 Å². The molecule has 1 aliphatic rings. The lowest BCUT2D eigenvalue weighted by atomic mass is 10.1. The topological polar surface area (TPSA) is 104 Å². The zero-order valence-corrected chi connectivity index (χ0v) is 17.8. The minimum absolute atomic E-state index is 0.00383. The number of likely N-dealkylation sites (N-methyl/N-ethyl adjacent to an activating group) is 1. The summed E-state index contributed by atoms with van der Waals surface area (Å²) in [5.41, 5.74) is 1.12. The van der Waals surface area contributed by atoms with E-state index < -0.39 is 26.0 Å². The number of nitrogens with zero attached hydrogens (tertiary/aromatic N) is 2. The molecule has 2 aromatic carbocycles. The highest BCUT2D eigenvalue weighted by molar-refractivity contribution is 7.94. The number of nitrogens with one attached hydrogen (secondary N) is 1. The maximum absolute atomic E-state index is 12.7. The number of sulfonamides is 2. The molecule has 0 aromatic heterocycles. The van der Waals surface area contributed by atoms with Crippen LogP contribution in [-0.4, -0.2) is 54.0 Å². The van der Waals surface area contributed by atoms with Crippen LogP contribution in [0.4, 0.5) is 5.69 Å². The van der Waals surface area contributed by atoms with Gasteiger partial charge < -0.3 is 4.90 Å². The van der Waals surface area contributed by atoms with Crippen molar-refractivity contribution >= 4 is 31.6 Å². The maximum Gasteiger partial charge on any atom is 0.242 e. The fourth-order valence-electron chi connectivity index (χ4n) is 3.18. The molecule has 0 spiro atoms. The van der Waals surface area contributed by atoms with Gasteiger partial charge in [-0.05, 0) is 43.9 Å². The monoisotopic (exact) mass is 437 g/mol. The van der Waals surface area contributed by atoms with Crippen molar-refractivity contribution in [3.63, 3.8) is 0 Å². The summed E-state index contributed by atoms with van der Waals surface area (Å²) in [6.07, 6.45) is -0.0741. The second kappa shape index (κ2) is 8.23. The van der Waals surface area contributed by atoms with E-state index >= 15 is 0 Å². The van der Waals surface area contributed by atoms with Gasteiger partial charge in [-0.2, -0.15) is 0 Å². The quantitative estimate of drug-likeness (QED) is 0.701. The van der Waals surface area contributed by atoms with E-state index in [1.54, 1.807) is 0 Å². The SMILES string of the molecule is CN(C)C(CNS(=O)(=O)c1ccc(N2C(=O)CCS2(=O)=O)cc1)c1ccccc1. The summed E-state index contributed by atoms with van der Waals surface area (Å²) < 4.78 is 52.7. The minimum atomic E-state index is -3.81. The van der Waals surface area contributed by atoms with Gasteiger partial charge in [0, 0.05) is 19.0 Å². The standard InChI is InChI=1S/C19H23N3O5S2/c1-21(2)18(15-6-4-3-5-7-15)14-20-29(26,27)17-10-8-16(9-11-17)22-19(23)12-13-28(22,24)25/h3-11,18,20H,12-14H2,1-2H3. The molecular weight excluding hydrogens is 414 g/mol. The van der Waals surface area contributed by atoms with Crippen molar-refractivity contribution in [3.05, 3.63) is 60.2 Å². The Hall–Kier alpha value is -2.27. The number of carbonyl (C=O) groups excluding carboxylic acids is 1. The Bertz CT molecular complexity index is 1080. The predicted octanol–water partition coefficient (Wildman–Crippen LogP) is 1.33. The number of rotatable bonds is 7. The fraction of sp³-hybridized carbons (Fsp3) is 0.316. The molecule has 1 saturated heterocycles. The largest absolute Gasteiger partial charge is 0.301 e. The van der Waals surface area contributed by atoms with Crippen molar-refractivity contribution in [2.45, 2.75) is 17.4 Å². The van der Waals surface area contributed by atoms with Gasteiger partial charge >= 0.3 is 0 Å². The Morgan fingerprint density at radius 2 is 1.69 bits per heavy atom. The highest BCUT2D eigenvalue weighted by Gasteiger charge is 2.36. The lowest BCUT2D eigenvalue weighted by molar-refractivity contribution is -0.116. The molecule has 1 fully saturated rings. The zero-order chi connectivity index (χ0) is 21.2. The summed E-state index contributed by atoms with van der Waals surface area (Å²) in [6, 6.07) is 14.6. The van der Waals surface area contributed by atoms with Gasteiger partial charge in [0.05, 0.1) is 16.3 Å². The van der Waals surface area contributed by atoms with Gasteiger partial charge in [0.15, 0.2) is 0 Å². The van der Waals surface area contributed by atoms with Gasteiger partial charge in [0.25, 0.3) is 0 Å². The molecule has 0 bridgehead atoms. The highest BCUT2D eigenvalue weighted by Crippen LogP contribution is 2.26. The normalized spacial score (nSPS) is 17.6. The van der Waals surface area contributed by atoms with Crippen molar-refractivity contribution in [1.29, 1.82) is 0 Å². The highest BCUT2D eigenvalue weighted by atomic mass is 32.2. The van der Waals surface area contributed by atoms with Crippen LogP contribution in [0.15, 0.2) is 59.5 Å². The smallest absolute Gasteiger partial charge is 0.242 e. The van der Waals surface area contributed by atoms with E-state index in [4.69, 9.17) is 0 Å². The van der Waals surface area contributed by atoms with Crippen molar-refractivity contribution in [3.8, 4) is 0 Å². The van der Waals surface area contributed by atoms with E-state index in [1.165, 1.54) is 24.3 Å². The summed E-state index contributed by atoms with van der Waals surface area (Å²) in [7, 11) is -3.76. The van der Waals surface area contributed by atoms with Gasteiger partial charge in [-0.25, -0.2) is 25.9 Å². The van der Waals surface area contributed by atoms with Crippen LogP contribution in [0.2, 0.25) is 0 Å². The van der Waals surface area contributed by atoms with Gasteiger partial charge in [-0.3, -0.25) is 4.79 Å². The van der Waals surface area contributed by atoms with E-state index in [9.17, 15) is 21.6 Å². The van der Waals surface area contributed by atoms with Crippen LogP contribution in [0, 0.1) is 0 Å². The number of amides is 1. The van der Waals surface area contributed by atoms with E-state index in [0.29, 0.717) is 0 Å². The van der Waals surface area contributed by atoms with Gasteiger partial charge in [0.2, 0.25) is 26.0 Å². The second-order valence-corrected chi connectivity index (χ2v) is 10.7. The summed E-state index contributed by atoms with van der Waals surface area (Å²) in [4.78, 5) is 13.8. The number of hydrogen-bond donors (Lipinski definition) is 1. The fourth-order valence-corrected chi connectivity index (χ4v) is 5.67. The number of anilines is 1. The van der Waals surface area contributed by atoms with E-state index in [2.05, 4.69) is 4.72 Å². The Kier molecular flexibility index (Phi) is 6.08. The Balaban J connectivity index is 1.77. The number of carbonyl (C=O) groups is 1. The molecule has 2 aromatic rings. The third-order valence-electron chi connectivity index (χ3n) is 4.73. The minimum Gasteiger partial charge on any atom is -0.301 e. The maximum atomic E-state index is 12.7. The summed E-state index contributed by atoms with van der Waals surface area (Å²) >= 11 is 0. The van der Waals surface area contributed by atoms with Crippen LogP contribution in [0.1, 0.15) is 18.0 Å². The average Bonchev–Trinajstić information content (AvgIpc) is 2.95. The van der Waals surface area contributed by atoms with E-state index in [1.807, 2.05) is 49.3 Å². The molecule has 156 valence electrons. The molecule has 0 aliphatic carbocycles. The Labute approximate surface area is 171 Å². The van der Waals surface area contributed by atoms with E-state index in [-0.39, 0.29) is 35.3 Å². The first-order chi connectivity index (χ1) is 13.6. The first kappa shape index (κ1) is 21.4. The van der Waals surface area contributed by atoms with Crippen LogP contribution >= 0.6 is 0 Å². The summed E-state index contributed by atoms with van der Waals surface area (Å²) in [5, 5.41) is 0. The summed E-state index contributed by atoms with van der Waals surface area (Å²) in [6.45, 7) is 0.167. The van der Waals surface area contributed by atoms with Crippen LogP contribution in [0.25, 0.3) is 0 Å². The number of hydrogen-bond acceptors (Lipinski definition) is 6. The lowest BCUT2D eigenvalue weighted by Crippen LogP contribution is -2.34. The average molecular weight is 438 g/mol. The molecule has 0 saturated carbocycles. The third kappa shape index (κ3) is 4.67. The van der Waals surface area contributed by atoms with Crippen molar-refractivity contribution in [1.82, 2.24) is 9.62 Å². The van der Waals surface area contributed by atoms with Gasteiger partial charge in [-0.15, -0.1) is 0 Å². The van der Waals surface area contributed by atoms with Crippen LogP contribution in [-0.2, 0) is 24.8 Å². The molecule has 1 amide bonds. The van der Waals surface area contributed by atoms with Crippen molar-refractivity contribution in [2.75, 3.05) is 30.7 Å².